The average Bonchev–Trinajstić information content (AvgIpc) is 2.90. The lowest BCUT2D eigenvalue weighted by atomic mass is 10.0. The Bertz CT molecular complexity index is 627. The summed E-state index contributed by atoms with van der Waals surface area (Å²) in [5.74, 6) is 1.73. The van der Waals surface area contributed by atoms with Crippen LogP contribution in [0, 0.1) is 0 Å². The minimum Gasteiger partial charge on any atom is -0.488 e. The van der Waals surface area contributed by atoms with E-state index in [0.29, 0.717) is 6.54 Å². The zero-order chi connectivity index (χ0) is 14.1. The van der Waals surface area contributed by atoms with Crippen molar-refractivity contribution < 1.29 is 4.74 Å². The molecule has 5 heteroatoms. The summed E-state index contributed by atoms with van der Waals surface area (Å²) in [6.07, 6.45) is 4.32. The van der Waals surface area contributed by atoms with Crippen LogP contribution < -0.4 is 15.4 Å². The molecule has 1 aromatic heterocycles. The second-order valence-electron chi connectivity index (χ2n) is 5.10. The van der Waals surface area contributed by atoms with Gasteiger partial charge in [0.15, 0.2) is 5.82 Å². The second-order valence-corrected chi connectivity index (χ2v) is 5.10. The van der Waals surface area contributed by atoms with Crippen LogP contribution in [0.3, 0.4) is 0 Å². The molecular weight excluding hydrogens is 252 g/mol. The number of anilines is 1. The topological polar surface area (TPSA) is 64.3 Å². The zero-order valence-corrected chi connectivity index (χ0v) is 11.7. The number of hydrogen-bond acceptors (Lipinski definition) is 5. The van der Waals surface area contributed by atoms with Crippen LogP contribution >= 0.6 is 0 Å². The zero-order valence-electron chi connectivity index (χ0n) is 11.7. The van der Waals surface area contributed by atoms with Crippen LogP contribution in [0.2, 0.25) is 0 Å². The van der Waals surface area contributed by atoms with Crippen molar-refractivity contribution in [2.45, 2.75) is 12.5 Å². The smallest absolute Gasteiger partial charge is 0.154 e. The van der Waals surface area contributed by atoms with E-state index in [2.05, 4.69) is 16.0 Å². The number of nitrogens with zero attached hydrogens (tertiary/aromatic N) is 3. The van der Waals surface area contributed by atoms with Gasteiger partial charge in [-0.15, -0.1) is 0 Å². The molecule has 5 nitrogen and oxygen atoms in total. The molecule has 1 aromatic carbocycles. The van der Waals surface area contributed by atoms with Crippen LogP contribution in [0.5, 0.6) is 5.75 Å². The number of nitrogens with two attached hydrogens (primary N) is 1. The molecule has 1 aliphatic heterocycles. The molecule has 0 saturated carbocycles. The minimum absolute atomic E-state index is 0.0608. The van der Waals surface area contributed by atoms with Crippen molar-refractivity contribution in [2.75, 3.05) is 25.5 Å². The van der Waals surface area contributed by atoms with Crippen LogP contribution in [0.4, 0.5) is 5.82 Å². The van der Waals surface area contributed by atoms with E-state index in [1.807, 2.05) is 31.1 Å². The first-order valence-electron chi connectivity index (χ1n) is 6.68. The third-order valence-corrected chi connectivity index (χ3v) is 3.45. The van der Waals surface area contributed by atoms with Crippen molar-refractivity contribution in [1.82, 2.24) is 9.97 Å². The van der Waals surface area contributed by atoms with Gasteiger partial charge in [-0.3, -0.25) is 4.98 Å². The average molecular weight is 270 g/mol. The summed E-state index contributed by atoms with van der Waals surface area (Å²) in [7, 11) is 3.92. The number of ether oxygens (including phenoxy) is 1. The molecule has 0 amide bonds. The van der Waals surface area contributed by atoms with Crippen molar-refractivity contribution >= 4 is 5.82 Å². The van der Waals surface area contributed by atoms with Gasteiger partial charge < -0.3 is 15.4 Å². The number of fused-ring (bicyclic) bond motifs is 1. The molecule has 0 radical (unpaired) electrons. The summed E-state index contributed by atoms with van der Waals surface area (Å²) in [5.41, 5.74) is 8.73. The SMILES string of the molecule is CN(C)c1nccnc1-c1cccc2c1O[C@H](CN)C2. The van der Waals surface area contributed by atoms with Gasteiger partial charge in [0.25, 0.3) is 0 Å². The van der Waals surface area contributed by atoms with Crippen molar-refractivity contribution in [3.05, 3.63) is 36.2 Å². The van der Waals surface area contributed by atoms with Gasteiger partial charge in [0.1, 0.15) is 17.5 Å². The van der Waals surface area contributed by atoms with Gasteiger partial charge in [-0.25, -0.2) is 4.98 Å². The standard InChI is InChI=1S/C15H18N4O/c1-19(2)15-13(17-6-7-18-15)12-5-3-4-10-8-11(9-16)20-14(10)12/h3-7,11H,8-9,16H2,1-2H3/t11-/m0/s1. The first-order valence-corrected chi connectivity index (χ1v) is 6.68. The Balaban J connectivity index is 2.12. The summed E-state index contributed by atoms with van der Waals surface area (Å²) in [6.45, 7) is 0.523. The highest BCUT2D eigenvalue weighted by molar-refractivity contribution is 5.78. The maximum absolute atomic E-state index is 5.97. The van der Waals surface area contributed by atoms with E-state index in [9.17, 15) is 0 Å². The summed E-state index contributed by atoms with van der Waals surface area (Å²) in [6, 6.07) is 6.14. The fourth-order valence-corrected chi connectivity index (χ4v) is 2.50. The summed E-state index contributed by atoms with van der Waals surface area (Å²) >= 11 is 0. The first-order chi connectivity index (χ1) is 9.70. The Morgan fingerprint density at radius 2 is 2.10 bits per heavy atom. The third kappa shape index (κ3) is 2.10. The summed E-state index contributed by atoms with van der Waals surface area (Å²) in [5, 5.41) is 0. The van der Waals surface area contributed by atoms with Crippen LogP contribution in [-0.2, 0) is 6.42 Å². The van der Waals surface area contributed by atoms with Crippen molar-refractivity contribution in [3.8, 4) is 17.0 Å². The van der Waals surface area contributed by atoms with Crippen molar-refractivity contribution in [3.63, 3.8) is 0 Å². The largest absolute Gasteiger partial charge is 0.488 e. The van der Waals surface area contributed by atoms with Gasteiger partial charge in [-0.2, -0.15) is 0 Å². The second kappa shape index (κ2) is 5.09. The molecule has 0 saturated heterocycles. The van der Waals surface area contributed by atoms with Crippen LogP contribution in [0.1, 0.15) is 5.56 Å². The Morgan fingerprint density at radius 3 is 2.85 bits per heavy atom. The lowest BCUT2D eigenvalue weighted by Crippen LogP contribution is -2.24. The van der Waals surface area contributed by atoms with Crippen LogP contribution in [0.25, 0.3) is 11.3 Å². The van der Waals surface area contributed by atoms with E-state index in [4.69, 9.17) is 10.5 Å². The van der Waals surface area contributed by atoms with E-state index >= 15 is 0 Å². The van der Waals surface area contributed by atoms with E-state index < -0.39 is 0 Å². The lowest BCUT2D eigenvalue weighted by molar-refractivity contribution is 0.242. The lowest BCUT2D eigenvalue weighted by Gasteiger charge is -2.16. The molecule has 0 spiro atoms. The molecule has 0 bridgehead atoms. The number of benzene rings is 1. The molecule has 2 aromatic rings. The maximum Gasteiger partial charge on any atom is 0.154 e. The normalized spacial score (nSPS) is 16.6. The molecule has 0 fully saturated rings. The van der Waals surface area contributed by atoms with Gasteiger partial charge in [0.2, 0.25) is 0 Å². The van der Waals surface area contributed by atoms with Gasteiger partial charge in [-0.05, 0) is 11.6 Å². The Labute approximate surface area is 118 Å². The Morgan fingerprint density at radius 1 is 1.30 bits per heavy atom. The number of rotatable bonds is 3. The molecule has 1 aliphatic rings. The van der Waals surface area contributed by atoms with Gasteiger partial charge in [0.05, 0.1) is 0 Å². The monoisotopic (exact) mass is 270 g/mol. The van der Waals surface area contributed by atoms with E-state index in [1.165, 1.54) is 5.56 Å². The molecule has 0 unspecified atom stereocenters. The van der Waals surface area contributed by atoms with E-state index in [1.54, 1.807) is 12.4 Å². The molecular formula is C15H18N4O. The molecule has 2 N–H and O–H groups in total. The number of aromatic nitrogens is 2. The Hall–Kier alpha value is -2.14. The number of hydrogen-bond donors (Lipinski definition) is 1. The highest BCUT2D eigenvalue weighted by Gasteiger charge is 2.26. The molecule has 3 rings (SSSR count). The Kier molecular flexibility index (Phi) is 3.28. The predicted octanol–water partition coefficient (Wildman–Crippen LogP) is 1.47. The van der Waals surface area contributed by atoms with Gasteiger partial charge >= 0.3 is 0 Å². The van der Waals surface area contributed by atoms with E-state index in [0.717, 1.165) is 29.2 Å². The van der Waals surface area contributed by atoms with E-state index in [-0.39, 0.29) is 6.10 Å². The first kappa shape index (κ1) is 12.9. The molecule has 20 heavy (non-hydrogen) atoms. The maximum atomic E-state index is 5.97. The quantitative estimate of drug-likeness (QED) is 0.915. The summed E-state index contributed by atoms with van der Waals surface area (Å²) in [4.78, 5) is 10.8. The van der Waals surface area contributed by atoms with Crippen LogP contribution in [-0.4, -0.2) is 36.7 Å². The third-order valence-electron chi connectivity index (χ3n) is 3.45. The minimum atomic E-state index is 0.0608. The molecule has 1 atom stereocenters. The van der Waals surface area contributed by atoms with Gasteiger partial charge in [-0.1, -0.05) is 12.1 Å². The fraction of sp³-hybridized carbons (Fsp3) is 0.333. The molecule has 2 heterocycles. The molecule has 0 aliphatic carbocycles. The highest BCUT2D eigenvalue weighted by atomic mass is 16.5. The fourth-order valence-electron chi connectivity index (χ4n) is 2.50. The number of para-hydroxylation sites is 1. The van der Waals surface area contributed by atoms with Gasteiger partial charge in [0, 0.05) is 45.0 Å². The predicted molar refractivity (Wildman–Crippen MR) is 79.0 cm³/mol. The van der Waals surface area contributed by atoms with Crippen LogP contribution in [0.15, 0.2) is 30.6 Å². The summed E-state index contributed by atoms with van der Waals surface area (Å²) < 4.78 is 5.97. The molecule has 104 valence electrons. The van der Waals surface area contributed by atoms with Crippen molar-refractivity contribution in [1.29, 1.82) is 0 Å². The van der Waals surface area contributed by atoms with Crippen molar-refractivity contribution in [2.24, 2.45) is 5.73 Å². The highest BCUT2D eigenvalue weighted by Crippen LogP contribution is 2.40.